The van der Waals surface area contributed by atoms with Crippen LogP contribution in [0.1, 0.15) is 36.3 Å². The lowest BCUT2D eigenvalue weighted by molar-refractivity contribution is -0.00173. The highest BCUT2D eigenvalue weighted by molar-refractivity contribution is 7.09. The summed E-state index contributed by atoms with van der Waals surface area (Å²) in [5.41, 5.74) is 3.52. The first-order chi connectivity index (χ1) is 10.2. The quantitative estimate of drug-likeness (QED) is 0.839. The minimum atomic E-state index is 0.383. The van der Waals surface area contributed by atoms with Crippen LogP contribution >= 0.6 is 11.3 Å². The van der Waals surface area contributed by atoms with E-state index in [4.69, 9.17) is 4.74 Å². The number of hydrogen-bond acceptors (Lipinski definition) is 5. The molecule has 2 fully saturated rings. The summed E-state index contributed by atoms with van der Waals surface area (Å²) >= 11 is 1.77. The van der Waals surface area contributed by atoms with Crippen LogP contribution < -0.4 is 5.32 Å². The number of hydrogen-bond donors (Lipinski definition) is 1. The van der Waals surface area contributed by atoms with E-state index in [-0.39, 0.29) is 0 Å². The molecule has 0 aromatic carbocycles. The number of nitrogens with one attached hydrogen (secondary N) is 1. The Kier molecular flexibility index (Phi) is 4.94. The Morgan fingerprint density at radius 3 is 2.81 bits per heavy atom. The maximum Gasteiger partial charge on any atom is 0.0798 e. The van der Waals surface area contributed by atoms with E-state index in [1.165, 1.54) is 36.3 Å². The summed E-state index contributed by atoms with van der Waals surface area (Å²) in [6.45, 7) is 7.25. The van der Waals surface area contributed by atoms with Crippen molar-refractivity contribution in [2.24, 2.45) is 5.41 Å². The van der Waals surface area contributed by atoms with Crippen molar-refractivity contribution in [3.05, 3.63) is 16.1 Å². The van der Waals surface area contributed by atoms with Gasteiger partial charge < -0.3 is 15.0 Å². The first-order valence-corrected chi connectivity index (χ1v) is 8.93. The molecule has 2 aliphatic rings. The average molecular weight is 309 g/mol. The number of ether oxygens (including phenoxy) is 1. The van der Waals surface area contributed by atoms with Crippen molar-refractivity contribution in [1.82, 2.24) is 15.2 Å². The molecule has 1 aromatic rings. The van der Waals surface area contributed by atoms with Crippen molar-refractivity contribution in [2.75, 3.05) is 33.4 Å². The highest BCUT2D eigenvalue weighted by Crippen LogP contribution is 2.33. The molecule has 2 heterocycles. The fraction of sp³-hybridized carbons (Fsp3) is 0.812. The molecule has 5 heteroatoms. The molecule has 0 atom stereocenters. The van der Waals surface area contributed by atoms with Gasteiger partial charge in [-0.3, -0.25) is 0 Å². The molecule has 118 valence electrons. The van der Waals surface area contributed by atoms with Crippen LogP contribution in [0.2, 0.25) is 0 Å². The van der Waals surface area contributed by atoms with E-state index in [2.05, 4.69) is 29.2 Å². The van der Waals surface area contributed by atoms with Crippen molar-refractivity contribution >= 4 is 11.3 Å². The van der Waals surface area contributed by atoms with Crippen LogP contribution in [0, 0.1) is 12.3 Å². The molecule has 1 aromatic heterocycles. The zero-order chi connectivity index (χ0) is 14.7. The molecule has 3 rings (SSSR count). The molecule has 0 radical (unpaired) electrons. The summed E-state index contributed by atoms with van der Waals surface area (Å²) in [4.78, 5) is 8.23. The van der Waals surface area contributed by atoms with Crippen molar-refractivity contribution in [3.63, 3.8) is 0 Å². The van der Waals surface area contributed by atoms with Crippen molar-refractivity contribution in [2.45, 2.75) is 45.2 Å². The third kappa shape index (κ3) is 4.25. The zero-order valence-electron chi connectivity index (χ0n) is 13.2. The second kappa shape index (κ2) is 6.73. The van der Waals surface area contributed by atoms with Gasteiger partial charge in [-0.05, 0) is 45.1 Å². The van der Waals surface area contributed by atoms with Gasteiger partial charge in [0.25, 0.3) is 0 Å². The molecule has 0 spiro atoms. The number of nitrogens with zero attached hydrogens (tertiary/aromatic N) is 2. The Morgan fingerprint density at radius 2 is 2.19 bits per heavy atom. The van der Waals surface area contributed by atoms with Gasteiger partial charge in [0.1, 0.15) is 0 Å². The minimum absolute atomic E-state index is 0.383. The van der Waals surface area contributed by atoms with E-state index in [1.54, 1.807) is 11.3 Å². The van der Waals surface area contributed by atoms with Gasteiger partial charge in [-0.1, -0.05) is 0 Å². The highest BCUT2D eigenvalue weighted by Gasteiger charge is 2.35. The third-order valence-electron chi connectivity index (χ3n) is 4.76. The fourth-order valence-corrected chi connectivity index (χ4v) is 4.05. The molecule has 0 bridgehead atoms. The molecule has 1 saturated carbocycles. The number of thiazole rings is 1. The van der Waals surface area contributed by atoms with E-state index >= 15 is 0 Å². The maximum absolute atomic E-state index is 5.60. The van der Waals surface area contributed by atoms with Crippen LogP contribution in [0.15, 0.2) is 5.51 Å². The Hall–Kier alpha value is -0.490. The predicted octanol–water partition coefficient (Wildman–Crippen LogP) is 2.43. The summed E-state index contributed by atoms with van der Waals surface area (Å²) in [5.74, 6) is 0. The van der Waals surface area contributed by atoms with E-state index < -0.39 is 0 Å². The molecule has 21 heavy (non-hydrogen) atoms. The molecule has 4 nitrogen and oxygen atoms in total. The smallest absolute Gasteiger partial charge is 0.0798 e. The summed E-state index contributed by atoms with van der Waals surface area (Å²) < 4.78 is 5.60. The van der Waals surface area contributed by atoms with Gasteiger partial charge in [0.15, 0.2) is 0 Å². The van der Waals surface area contributed by atoms with Gasteiger partial charge >= 0.3 is 0 Å². The maximum atomic E-state index is 5.60. The highest BCUT2D eigenvalue weighted by atomic mass is 32.1. The Balaban J connectivity index is 1.58. The molecular weight excluding hydrogens is 282 g/mol. The second-order valence-corrected chi connectivity index (χ2v) is 7.74. The summed E-state index contributed by atoms with van der Waals surface area (Å²) in [6.07, 6.45) is 5.09. The molecular formula is C16H27N3OS. The lowest BCUT2D eigenvalue weighted by atomic mass is 9.79. The SMILES string of the molecule is Cc1ncsc1CN(C)CC1(CNC2CC2)CCOCC1. The van der Waals surface area contributed by atoms with Gasteiger partial charge in [-0.25, -0.2) is 4.98 Å². The summed E-state index contributed by atoms with van der Waals surface area (Å²) in [7, 11) is 2.24. The predicted molar refractivity (Wildman–Crippen MR) is 86.7 cm³/mol. The van der Waals surface area contributed by atoms with E-state index in [0.29, 0.717) is 5.41 Å². The van der Waals surface area contributed by atoms with Crippen molar-refractivity contribution < 1.29 is 4.74 Å². The molecule has 0 unspecified atom stereocenters. The average Bonchev–Trinajstić information content (AvgIpc) is 3.22. The zero-order valence-corrected chi connectivity index (χ0v) is 14.0. The van der Waals surface area contributed by atoms with Gasteiger partial charge in [0.2, 0.25) is 0 Å². The number of aromatic nitrogens is 1. The lowest BCUT2D eigenvalue weighted by Crippen LogP contribution is -2.46. The van der Waals surface area contributed by atoms with E-state index in [9.17, 15) is 0 Å². The molecule has 0 amide bonds. The monoisotopic (exact) mass is 309 g/mol. The molecule has 1 saturated heterocycles. The van der Waals surface area contributed by atoms with Gasteiger partial charge in [-0.2, -0.15) is 0 Å². The topological polar surface area (TPSA) is 37.4 Å². The first-order valence-electron chi connectivity index (χ1n) is 8.06. The van der Waals surface area contributed by atoms with Crippen LogP contribution in [0.5, 0.6) is 0 Å². The Labute approximate surface area is 131 Å². The van der Waals surface area contributed by atoms with Gasteiger partial charge in [0, 0.05) is 43.8 Å². The minimum Gasteiger partial charge on any atom is -0.381 e. The number of rotatable bonds is 7. The van der Waals surface area contributed by atoms with Crippen LogP contribution in [0.25, 0.3) is 0 Å². The number of aryl methyl sites for hydroxylation is 1. The van der Waals surface area contributed by atoms with Gasteiger partial charge in [-0.15, -0.1) is 11.3 Å². The Bertz CT molecular complexity index is 452. The van der Waals surface area contributed by atoms with Crippen LogP contribution in [-0.4, -0.2) is 49.3 Å². The van der Waals surface area contributed by atoms with E-state index in [0.717, 1.165) is 38.9 Å². The van der Waals surface area contributed by atoms with Crippen molar-refractivity contribution in [3.8, 4) is 0 Å². The van der Waals surface area contributed by atoms with E-state index in [1.807, 2.05) is 5.51 Å². The molecule has 1 aliphatic carbocycles. The van der Waals surface area contributed by atoms with Crippen LogP contribution in [0.4, 0.5) is 0 Å². The molecule has 1 aliphatic heterocycles. The summed E-state index contributed by atoms with van der Waals surface area (Å²) in [6, 6.07) is 0.791. The fourth-order valence-electron chi connectivity index (χ4n) is 3.20. The van der Waals surface area contributed by atoms with Crippen LogP contribution in [0.3, 0.4) is 0 Å². The van der Waals surface area contributed by atoms with Crippen LogP contribution in [-0.2, 0) is 11.3 Å². The Morgan fingerprint density at radius 1 is 1.43 bits per heavy atom. The second-order valence-electron chi connectivity index (χ2n) is 6.80. The largest absolute Gasteiger partial charge is 0.381 e. The lowest BCUT2D eigenvalue weighted by Gasteiger charge is -2.40. The normalized spacial score (nSPS) is 21.9. The van der Waals surface area contributed by atoms with Crippen molar-refractivity contribution in [1.29, 1.82) is 0 Å². The third-order valence-corrected chi connectivity index (χ3v) is 5.68. The first kappa shape index (κ1) is 15.4. The molecule has 1 N–H and O–H groups in total. The standard InChI is InChI=1S/C16H27N3OS/c1-13-15(21-12-18-13)9-19(2)11-16(5-7-20-8-6-16)10-17-14-3-4-14/h12,14,17H,3-11H2,1-2H3. The summed E-state index contributed by atoms with van der Waals surface area (Å²) in [5, 5.41) is 3.75. The van der Waals surface area contributed by atoms with Gasteiger partial charge in [0.05, 0.1) is 11.2 Å².